The number of rotatable bonds is 8. The Labute approximate surface area is 175 Å². The molecule has 7 heteroatoms. The van der Waals surface area contributed by atoms with Crippen LogP contribution >= 0.6 is 11.8 Å². The molecule has 1 fully saturated rings. The van der Waals surface area contributed by atoms with Crippen molar-refractivity contribution in [3.8, 4) is 0 Å². The number of nitro groups is 1. The number of likely N-dealkylation sites (tertiary alicyclic amines) is 1. The standard InChI is InChI=1S/C22H27N3O3S/c1-17(29-21-11-9-20(10-12-21)25(27)28)22(26)23-15-18-5-7-19(8-6-18)16-24-13-3-2-4-14-24/h5-12,17H,2-4,13-16H2,1H3,(H,23,26). The van der Waals surface area contributed by atoms with Gasteiger partial charge >= 0.3 is 0 Å². The van der Waals surface area contributed by atoms with Gasteiger partial charge in [-0.3, -0.25) is 19.8 Å². The Morgan fingerprint density at radius 3 is 2.31 bits per heavy atom. The molecule has 1 heterocycles. The molecule has 154 valence electrons. The fraction of sp³-hybridized carbons (Fsp3) is 0.409. The Morgan fingerprint density at radius 2 is 1.69 bits per heavy atom. The van der Waals surface area contributed by atoms with Gasteiger partial charge in [0.1, 0.15) is 0 Å². The molecular formula is C22H27N3O3S. The van der Waals surface area contributed by atoms with Gasteiger partial charge < -0.3 is 5.32 Å². The van der Waals surface area contributed by atoms with Gasteiger partial charge in [-0.25, -0.2) is 0 Å². The Morgan fingerprint density at radius 1 is 1.07 bits per heavy atom. The number of benzene rings is 2. The average molecular weight is 414 g/mol. The lowest BCUT2D eigenvalue weighted by molar-refractivity contribution is -0.384. The van der Waals surface area contributed by atoms with Crippen LogP contribution in [0, 0.1) is 10.1 Å². The van der Waals surface area contributed by atoms with E-state index < -0.39 is 4.92 Å². The minimum Gasteiger partial charge on any atom is -0.351 e. The SMILES string of the molecule is CC(Sc1ccc([N+](=O)[O-])cc1)C(=O)NCc1ccc(CN2CCCCC2)cc1. The summed E-state index contributed by atoms with van der Waals surface area (Å²) < 4.78 is 0. The molecule has 0 aliphatic carbocycles. The Balaban J connectivity index is 1.44. The minimum atomic E-state index is -0.428. The summed E-state index contributed by atoms with van der Waals surface area (Å²) in [7, 11) is 0. The van der Waals surface area contributed by atoms with Crippen LogP contribution in [0.1, 0.15) is 37.3 Å². The number of nitrogens with zero attached hydrogens (tertiary/aromatic N) is 2. The summed E-state index contributed by atoms with van der Waals surface area (Å²) in [6.07, 6.45) is 3.93. The third kappa shape index (κ3) is 6.58. The Kier molecular flexibility index (Phi) is 7.66. The van der Waals surface area contributed by atoms with Crippen LogP contribution in [-0.4, -0.2) is 34.1 Å². The Hall–Kier alpha value is -2.38. The second-order valence-electron chi connectivity index (χ2n) is 7.38. The van der Waals surface area contributed by atoms with E-state index in [2.05, 4.69) is 34.5 Å². The molecule has 6 nitrogen and oxygen atoms in total. The third-order valence-electron chi connectivity index (χ3n) is 5.07. The summed E-state index contributed by atoms with van der Waals surface area (Å²) in [5.41, 5.74) is 2.44. The van der Waals surface area contributed by atoms with Crippen LogP contribution in [-0.2, 0) is 17.9 Å². The van der Waals surface area contributed by atoms with E-state index in [0.29, 0.717) is 6.54 Å². The van der Waals surface area contributed by atoms with E-state index in [0.717, 1.165) is 17.0 Å². The van der Waals surface area contributed by atoms with Crippen molar-refractivity contribution < 1.29 is 9.72 Å². The number of nitro benzene ring substituents is 1. The number of nitrogens with one attached hydrogen (secondary N) is 1. The number of amides is 1. The number of carbonyl (C=O) groups is 1. The monoisotopic (exact) mass is 413 g/mol. The lowest BCUT2D eigenvalue weighted by Crippen LogP contribution is -2.30. The van der Waals surface area contributed by atoms with E-state index in [1.54, 1.807) is 12.1 Å². The van der Waals surface area contributed by atoms with Crippen molar-refractivity contribution in [2.45, 2.75) is 49.4 Å². The largest absolute Gasteiger partial charge is 0.351 e. The van der Waals surface area contributed by atoms with Gasteiger partial charge in [0, 0.05) is 30.1 Å². The van der Waals surface area contributed by atoms with Crippen LogP contribution in [0.4, 0.5) is 5.69 Å². The fourth-order valence-corrected chi connectivity index (χ4v) is 4.27. The van der Waals surface area contributed by atoms with E-state index in [-0.39, 0.29) is 16.8 Å². The van der Waals surface area contributed by atoms with Crippen LogP contribution in [0.15, 0.2) is 53.4 Å². The number of non-ortho nitro benzene ring substituents is 1. The molecule has 0 aromatic heterocycles. The fourth-order valence-electron chi connectivity index (χ4n) is 3.38. The summed E-state index contributed by atoms with van der Waals surface area (Å²) in [5, 5.41) is 13.4. The lowest BCUT2D eigenvalue weighted by atomic mass is 10.1. The molecule has 0 saturated carbocycles. The molecule has 3 rings (SSSR count). The summed E-state index contributed by atoms with van der Waals surface area (Å²) in [6, 6.07) is 14.7. The first kappa shape index (κ1) is 21.3. The number of piperidine rings is 1. The highest BCUT2D eigenvalue weighted by molar-refractivity contribution is 8.00. The van der Waals surface area contributed by atoms with Crippen LogP contribution < -0.4 is 5.32 Å². The van der Waals surface area contributed by atoms with Gasteiger partial charge in [-0.1, -0.05) is 30.7 Å². The van der Waals surface area contributed by atoms with Gasteiger partial charge in [0.05, 0.1) is 10.2 Å². The van der Waals surface area contributed by atoms with E-state index in [1.165, 1.54) is 61.8 Å². The van der Waals surface area contributed by atoms with E-state index in [1.807, 2.05) is 6.92 Å². The average Bonchev–Trinajstić information content (AvgIpc) is 2.74. The Bertz CT molecular complexity index is 818. The molecule has 1 aliphatic heterocycles. The molecule has 1 amide bonds. The van der Waals surface area contributed by atoms with Crippen molar-refractivity contribution in [2.75, 3.05) is 13.1 Å². The van der Waals surface area contributed by atoms with Gasteiger partial charge in [-0.15, -0.1) is 11.8 Å². The molecule has 1 atom stereocenters. The second kappa shape index (κ2) is 10.4. The van der Waals surface area contributed by atoms with Gasteiger partial charge in [-0.2, -0.15) is 0 Å². The molecule has 2 aromatic carbocycles. The maximum atomic E-state index is 12.4. The number of hydrogen-bond acceptors (Lipinski definition) is 5. The van der Waals surface area contributed by atoms with Crippen molar-refractivity contribution in [3.05, 3.63) is 69.8 Å². The first-order valence-electron chi connectivity index (χ1n) is 10.0. The van der Waals surface area contributed by atoms with Gasteiger partial charge in [0.25, 0.3) is 5.69 Å². The maximum Gasteiger partial charge on any atom is 0.269 e. The summed E-state index contributed by atoms with van der Waals surface area (Å²) in [6.45, 7) is 5.69. The lowest BCUT2D eigenvalue weighted by Gasteiger charge is -2.26. The highest BCUT2D eigenvalue weighted by atomic mass is 32.2. The zero-order valence-corrected chi connectivity index (χ0v) is 17.5. The number of hydrogen-bond donors (Lipinski definition) is 1. The molecule has 0 radical (unpaired) electrons. The van der Waals surface area contributed by atoms with E-state index >= 15 is 0 Å². The van der Waals surface area contributed by atoms with Crippen molar-refractivity contribution in [1.82, 2.24) is 10.2 Å². The predicted molar refractivity (Wildman–Crippen MR) is 116 cm³/mol. The zero-order valence-electron chi connectivity index (χ0n) is 16.7. The van der Waals surface area contributed by atoms with Crippen molar-refractivity contribution in [2.24, 2.45) is 0 Å². The predicted octanol–water partition coefficient (Wildman–Crippen LogP) is 4.38. The molecule has 29 heavy (non-hydrogen) atoms. The van der Waals surface area contributed by atoms with E-state index in [9.17, 15) is 14.9 Å². The van der Waals surface area contributed by atoms with Crippen LogP contribution in [0.3, 0.4) is 0 Å². The molecule has 2 aromatic rings. The van der Waals surface area contributed by atoms with Crippen molar-refractivity contribution in [1.29, 1.82) is 0 Å². The zero-order chi connectivity index (χ0) is 20.6. The topological polar surface area (TPSA) is 75.5 Å². The third-order valence-corrected chi connectivity index (χ3v) is 6.19. The number of carbonyl (C=O) groups excluding carboxylic acids is 1. The molecule has 1 unspecified atom stereocenters. The van der Waals surface area contributed by atoms with Gasteiger partial charge in [0.15, 0.2) is 0 Å². The van der Waals surface area contributed by atoms with Crippen molar-refractivity contribution >= 4 is 23.4 Å². The smallest absolute Gasteiger partial charge is 0.269 e. The minimum absolute atomic E-state index is 0.0502. The molecular weight excluding hydrogens is 386 g/mol. The summed E-state index contributed by atoms with van der Waals surface area (Å²) >= 11 is 1.39. The highest BCUT2D eigenvalue weighted by Crippen LogP contribution is 2.25. The van der Waals surface area contributed by atoms with Crippen LogP contribution in [0.2, 0.25) is 0 Å². The van der Waals surface area contributed by atoms with Crippen LogP contribution in [0.25, 0.3) is 0 Å². The molecule has 1 saturated heterocycles. The van der Waals surface area contributed by atoms with Crippen LogP contribution in [0.5, 0.6) is 0 Å². The van der Waals surface area contributed by atoms with Gasteiger partial charge in [0.2, 0.25) is 5.91 Å². The summed E-state index contributed by atoms with van der Waals surface area (Å²) in [5.74, 6) is -0.0502. The second-order valence-corrected chi connectivity index (χ2v) is 8.80. The quantitative estimate of drug-likeness (QED) is 0.395. The first-order chi connectivity index (χ1) is 14.0. The van der Waals surface area contributed by atoms with E-state index in [4.69, 9.17) is 0 Å². The molecule has 0 bridgehead atoms. The molecule has 0 spiro atoms. The highest BCUT2D eigenvalue weighted by Gasteiger charge is 2.15. The summed E-state index contributed by atoms with van der Waals surface area (Å²) in [4.78, 5) is 26.0. The first-order valence-corrected chi connectivity index (χ1v) is 10.9. The number of thioether (sulfide) groups is 1. The maximum absolute atomic E-state index is 12.4. The molecule has 1 aliphatic rings. The van der Waals surface area contributed by atoms with Gasteiger partial charge in [-0.05, 0) is 56.1 Å². The normalized spacial score (nSPS) is 15.6. The molecule has 1 N–H and O–H groups in total. The van der Waals surface area contributed by atoms with Crippen molar-refractivity contribution in [3.63, 3.8) is 0 Å².